The molecule has 0 radical (unpaired) electrons. The smallest absolute Gasteiger partial charge is 0.327 e. The van der Waals surface area contributed by atoms with Crippen LogP contribution in [0.5, 0.6) is 11.5 Å². The highest BCUT2D eigenvalue weighted by molar-refractivity contribution is 5.78. The Morgan fingerprint density at radius 1 is 0.721 bits per heavy atom. The van der Waals surface area contributed by atoms with E-state index in [0.29, 0.717) is 31.2 Å². The van der Waals surface area contributed by atoms with Crippen molar-refractivity contribution < 1.29 is 24.5 Å². The number of esters is 1. The van der Waals surface area contributed by atoms with Gasteiger partial charge in [-0.1, -0.05) is 73.6 Å². The zero-order chi connectivity index (χ0) is 34.1. The topological polar surface area (TPSA) is 102 Å². The first-order valence-corrected chi connectivity index (χ1v) is 16.7. The predicted octanol–water partition coefficient (Wildman–Crippen LogP) is 9.83. The van der Waals surface area contributed by atoms with E-state index in [1.807, 2.05) is 114 Å². The molecular weight excluding hydrogens is 538 g/mol. The molecule has 0 spiro atoms. The van der Waals surface area contributed by atoms with E-state index in [9.17, 15) is 15.0 Å². The first kappa shape index (κ1) is 45.0. The molecule has 0 bridgehead atoms. The lowest BCUT2D eigenvalue weighted by atomic mass is 10.0. The van der Waals surface area contributed by atoms with Crippen LogP contribution in [0.2, 0.25) is 0 Å². The van der Waals surface area contributed by atoms with Crippen LogP contribution in [0.3, 0.4) is 0 Å². The molecular formula is C37H67NO5. The van der Waals surface area contributed by atoms with E-state index in [-0.39, 0.29) is 12.2 Å². The number of carbonyl (C=O) groups excluding carboxylic acids is 1. The van der Waals surface area contributed by atoms with Gasteiger partial charge in [0.25, 0.3) is 0 Å². The van der Waals surface area contributed by atoms with E-state index in [1.54, 1.807) is 6.92 Å². The van der Waals surface area contributed by atoms with Gasteiger partial charge in [0.1, 0.15) is 17.5 Å². The average molecular weight is 606 g/mol. The van der Waals surface area contributed by atoms with Crippen molar-refractivity contribution in [2.75, 3.05) is 0 Å². The van der Waals surface area contributed by atoms with Crippen LogP contribution in [0, 0.1) is 27.7 Å². The number of hydrogen-bond donors (Lipinski definition) is 3. The summed E-state index contributed by atoms with van der Waals surface area (Å²) in [5.41, 5.74) is 11.0. The number of nitrogens with two attached hydrogens (primary N) is 1. The molecule has 2 rings (SSSR count). The maximum atomic E-state index is 12.7. The SMILES string of the molecule is CC.CC.CC.CC.Cc1cc(C)cc(Oc2c(C)cc(C(N)C(=O)OC(C)CCCC(O)CCCC(C)O)cc2C)c1. The molecule has 250 valence electrons. The fraction of sp³-hybridized carbons (Fsp3) is 0.649. The van der Waals surface area contributed by atoms with Gasteiger partial charge < -0.3 is 25.4 Å². The lowest BCUT2D eigenvalue weighted by Crippen LogP contribution is -2.27. The maximum Gasteiger partial charge on any atom is 0.327 e. The summed E-state index contributed by atoms with van der Waals surface area (Å²) < 4.78 is 11.8. The number of aryl methyl sites for hydroxylation is 4. The van der Waals surface area contributed by atoms with Crippen molar-refractivity contribution in [3.63, 3.8) is 0 Å². The molecule has 0 saturated heterocycles. The summed E-state index contributed by atoms with van der Waals surface area (Å²) in [4.78, 5) is 12.7. The van der Waals surface area contributed by atoms with Gasteiger partial charge in [0.15, 0.2) is 0 Å². The van der Waals surface area contributed by atoms with E-state index in [1.165, 1.54) is 0 Å². The fourth-order valence-electron chi connectivity index (χ4n) is 4.33. The van der Waals surface area contributed by atoms with E-state index in [4.69, 9.17) is 15.2 Å². The van der Waals surface area contributed by atoms with Gasteiger partial charge in [-0.2, -0.15) is 0 Å². The molecule has 0 aliphatic carbocycles. The standard InChI is InChI=1S/C29H43NO5.4C2H6/c1-18-13-19(2)15-26(14-18)35-28-20(3)16-24(17-21(28)4)27(30)29(33)34-23(6)10-8-12-25(32)11-7-9-22(5)31;4*1-2/h13-17,22-23,25,27,31-32H,7-12,30H2,1-6H3;4*1-2H3. The van der Waals surface area contributed by atoms with Crippen LogP contribution in [0.15, 0.2) is 30.3 Å². The zero-order valence-electron chi connectivity index (χ0n) is 30.1. The summed E-state index contributed by atoms with van der Waals surface area (Å²) in [6.45, 7) is 27.6. The van der Waals surface area contributed by atoms with Crippen LogP contribution < -0.4 is 10.5 Å². The van der Waals surface area contributed by atoms with E-state index in [2.05, 4.69) is 6.07 Å². The molecule has 43 heavy (non-hydrogen) atoms. The van der Waals surface area contributed by atoms with Crippen molar-refractivity contribution in [1.82, 2.24) is 0 Å². The molecule has 2 aromatic rings. The molecule has 4 atom stereocenters. The van der Waals surface area contributed by atoms with Gasteiger partial charge in [-0.25, -0.2) is 4.79 Å². The number of carbonyl (C=O) groups is 1. The Morgan fingerprint density at radius 2 is 1.16 bits per heavy atom. The zero-order valence-corrected chi connectivity index (χ0v) is 30.1. The Kier molecular flexibility index (Phi) is 28.4. The minimum Gasteiger partial charge on any atom is -0.461 e. The largest absolute Gasteiger partial charge is 0.461 e. The highest BCUT2D eigenvalue weighted by Gasteiger charge is 2.22. The quantitative estimate of drug-likeness (QED) is 0.196. The molecule has 0 heterocycles. The van der Waals surface area contributed by atoms with E-state index >= 15 is 0 Å². The number of hydrogen-bond acceptors (Lipinski definition) is 6. The van der Waals surface area contributed by atoms with Crippen molar-refractivity contribution in [3.05, 3.63) is 58.1 Å². The van der Waals surface area contributed by atoms with Crippen LogP contribution in [0.4, 0.5) is 0 Å². The van der Waals surface area contributed by atoms with E-state index in [0.717, 1.165) is 46.6 Å². The molecule has 4 unspecified atom stereocenters. The Bertz CT molecular complexity index is 930. The normalized spacial score (nSPS) is 12.6. The number of ether oxygens (including phenoxy) is 2. The summed E-state index contributed by atoms with van der Waals surface area (Å²) in [5, 5.41) is 19.4. The van der Waals surface area contributed by atoms with Gasteiger partial charge in [-0.15, -0.1) is 0 Å². The van der Waals surface area contributed by atoms with Crippen LogP contribution in [-0.4, -0.2) is 34.5 Å². The predicted molar refractivity (Wildman–Crippen MR) is 185 cm³/mol. The molecule has 0 fully saturated rings. The Hall–Kier alpha value is -2.41. The second kappa shape index (κ2) is 27.2. The Morgan fingerprint density at radius 3 is 1.60 bits per heavy atom. The number of benzene rings is 2. The van der Waals surface area contributed by atoms with Crippen molar-refractivity contribution in [2.45, 2.75) is 160 Å². The van der Waals surface area contributed by atoms with Crippen LogP contribution in [0.25, 0.3) is 0 Å². The van der Waals surface area contributed by atoms with Gasteiger partial charge >= 0.3 is 5.97 Å². The van der Waals surface area contributed by atoms with Gasteiger partial charge in [0.2, 0.25) is 0 Å². The van der Waals surface area contributed by atoms with Crippen molar-refractivity contribution >= 4 is 5.97 Å². The third-order valence-electron chi connectivity index (χ3n) is 6.14. The lowest BCUT2D eigenvalue weighted by Gasteiger charge is -2.20. The molecule has 6 heteroatoms. The molecule has 0 amide bonds. The molecule has 4 N–H and O–H groups in total. The summed E-state index contributed by atoms with van der Waals surface area (Å²) in [6, 6.07) is 8.98. The summed E-state index contributed by atoms with van der Waals surface area (Å²) in [6.07, 6.45) is 3.21. The number of aliphatic hydroxyl groups is 2. The average Bonchev–Trinajstić information content (AvgIpc) is 2.98. The molecule has 0 saturated carbocycles. The van der Waals surface area contributed by atoms with Crippen LogP contribution in [0.1, 0.15) is 142 Å². The lowest BCUT2D eigenvalue weighted by molar-refractivity contribution is -0.150. The van der Waals surface area contributed by atoms with Crippen LogP contribution >= 0.6 is 0 Å². The summed E-state index contributed by atoms with van der Waals surface area (Å²) in [7, 11) is 0. The second-order valence-corrected chi connectivity index (χ2v) is 10.00. The first-order chi connectivity index (χ1) is 20.5. The van der Waals surface area contributed by atoms with Gasteiger partial charge in [-0.3, -0.25) is 0 Å². The van der Waals surface area contributed by atoms with Gasteiger partial charge in [0, 0.05) is 0 Å². The Balaban J connectivity index is -0.00000184. The molecule has 0 aliphatic heterocycles. The Labute approximate surface area is 265 Å². The highest BCUT2D eigenvalue weighted by atomic mass is 16.5. The number of rotatable bonds is 13. The minimum absolute atomic E-state index is 0.285. The molecule has 0 aromatic heterocycles. The monoisotopic (exact) mass is 606 g/mol. The molecule has 2 aromatic carbocycles. The summed E-state index contributed by atoms with van der Waals surface area (Å²) >= 11 is 0. The van der Waals surface area contributed by atoms with Crippen molar-refractivity contribution in [3.8, 4) is 11.5 Å². The molecule has 6 nitrogen and oxygen atoms in total. The maximum absolute atomic E-state index is 12.7. The summed E-state index contributed by atoms with van der Waals surface area (Å²) in [5.74, 6) is 1.09. The number of aliphatic hydroxyl groups excluding tert-OH is 2. The third-order valence-corrected chi connectivity index (χ3v) is 6.14. The highest BCUT2D eigenvalue weighted by Crippen LogP contribution is 2.32. The van der Waals surface area contributed by atoms with Crippen LogP contribution in [-0.2, 0) is 9.53 Å². The second-order valence-electron chi connectivity index (χ2n) is 10.00. The van der Waals surface area contributed by atoms with Crippen molar-refractivity contribution in [2.24, 2.45) is 5.73 Å². The van der Waals surface area contributed by atoms with Crippen molar-refractivity contribution in [1.29, 1.82) is 0 Å². The van der Waals surface area contributed by atoms with Gasteiger partial charge in [0.05, 0.1) is 18.3 Å². The fourth-order valence-corrected chi connectivity index (χ4v) is 4.33. The first-order valence-electron chi connectivity index (χ1n) is 16.7. The minimum atomic E-state index is -0.879. The molecule has 0 aliphatic rings. The van der Waals surface area contributed by atoms with Gasteiger partial charge in [-0.05, 0) is 120 Å². The third kappa shape index (κ3) is 19.5. The van der Waals surface area contributed by atoms with E-state index < -0.39 is 18.1 Å².